The second-order valence-corrected chi connectivity index (χ2v) is 3.80. The summed E-state index contributed by atoms with van der Waals surface area (Å²) in [4.78, 5) is 38.2. The maximum Gasteiger partial charge on any atom is 0.325 e. The molecule has 0 fully saturated rings. The minimum absolute atomic E-state index is 0.0648. The van der Waals surface area contributed by atoms with Gasteiger partial charge in [-0.1, -0.05) is 6.07 Å². The molecular weight excluding hydrogens is 264 g/mol. The monoisotopic (exact) mass is 276 g/mol. The number of methoxy groups -OCH3 is 1. The van der Waals surface area contributed by atoms with Gasteiger partial charge in [-0.25, -0.2) is 9.59 Å². The van der Waals surface area contributed by atoms with Crippen molar-refractivity contribution in [3.05, 3.63) is 51.3 Å². The molecule has 2 rings (SSSR count). The number of carbonyl (C=O) groups is 1. The normalized spacial score (nSPS) is 9.85. The number of benzene rings is 1. The molecule has 1 aromatic carbocycles. The number of aromatic nitrogens is 2. The zero-order chi connectivity index (χ0) is 14.5. The van der Waals surface area contributed by atoms with E-state index in [1.54, 1.807) is 24.3 Å². The van der Waals surface area contributed by atoms with Gasteiger partial charge in [0.2, 0.25) is 0 Å². The molecule has 8 heteroatoms. The largest absolute Gasteiger partial charge is 0.497 e. The van der Waals surface area contributed by atoms with Gasteiger partial charge >= 0.3 is 11.7 Å². The average Bonchev–Trinajstić information content (AvgIpc) is 2.42. The van der Waals surface area contributed by atoms with Crippen molar-refractivity contribution in [1.82, 2.24) is 9.97 Å². The van der Waals surface area contributed by atoms with Crippen molar-refractivity contribution in [3.63, 3.8) is 0 Å². The van der Waals surface area contributed by atoms with Crippen molar-refractivity contribution >= 4 is 17.4 Å². The molecular formula is C12H12N4O4. The highest BCUT2D eigenvalue weighted by Gasteiger charge is 2.06. The highest BCUT2D eigenvalue weighted by molar-refractivity contribution is 5.99. The van der Waals surface area contributed by atoms with E-state index in [0.717, 1.165) is 6.20 Å². The molecule has 0 spiro atoms. The third-order valence-electron chi connectivity index (χ3n) is 2.40. The Labute approximate surface area is 112 Å². The SMILES string of the molecule is COc1cccc(NC(=O)Nc2c[nH]c(=O)[nH]c2=O)c1. The van der Waals surface area contributed by atoms with E-state index in [9.17, 15) is 14.4 Å². The molecule has 4 N–H and O–H groups in total. The van der Waals surface area contributed by atoms with Gasteiger partial charge in [-0.2, -0.15) is 0 Å². The average molecular weight is 276 g/mol. The van der Waals surface area contributed by atoms with Crippen LogP contribution in [0, 0.1) is 0 Å². The molecule has 0 unspecified atom stereocenters. The number of anilines is 2. The number of rotatable bonds is 3. The van der Waals surface area contributed by atoms with Crippen LogP contribution in [-0.4, -0.2) is 23.1 Å². The van der Waals surface area contributed by atoms with Crippen molar-refractivity contribution in [3.8, 4) is 5.75 Å². The molecule has 0 bridgehead atoms. The lowest BCUT2D eigenvalue weighted by Crippen LogP contribution is -2.28. The molecule has 0 atom stereocenters. The van der Waals surface area contributed by atoms with Gasteiger partial charge in [-0.05, 0) is 12.1 Å². The molecule has 0 aliphatic carbocycles. The van der Waals surface area contributed by atoms with Crippen LogP contribution < -0.4 is 26.6 Å². The fraction of sp³-hybridized carbons (Fsp3) is 0.0833. The number of hydrogen-bond acceptors (Lipinski definition) is 4. The Hall–Kier alpha value is -3.03. The van der Waals surface area contributed by atoms with E-state index in [2.05, 4.69) is 15.6 Å². The predicted molar refractivity (Wildman–Crippen MR) is 73.3 cm³/mol. The summed E-state index contributed by atoms with van der Waals surface area (Å²) in [5.74, 6) is 0.588. The Kier molecular flexibility index (Phi) is 3.85. The van der Waals surface area contributed by atoms with E-state index in [-0.39, 0.29) is 5.69 Å². The van der Waals surface area contributed by atoms with Crippen LogP contribution in [0.4, 0.5) is 16.2 Å². The van der Waals surface area contributed by atoms with Crippen molar-refractivity contribution in [2.75, 3.05) is 17.7 Å². The molecule has 104 valence electrons. The lowest BCUT2D eigenvalue weighted by molar-refractivity contribution is 0.262. The summed E-state index contributed by atoms with van der Waals surface area (Å²) in [5, 5.41) is 4.85. The molecule has 0 saturated carbocycles. The van der Waals surface area contributed by atoms with Gasteiger partial charge < -0.3 is 20.4 Å². The molecule has 2 aromatic rings. The van der Waals surface area contributed by atoms with E-state index < -0.39 is 17.3 Å². The van der Waals surface area contributed by atoms with Gasteiger partial charge in [0.25, 0.3) is 5.56 Å². The molecule has 0 radical (unpaired) electrons. The molecule has 2 amide bonds. The summed E-state index contributed by atoms with van der Waals surface area (Å²) in [7, 11) is 1.51. The van der Waals surface area contributed by atoms with E-state index in [1.807, 2.05) is 4.98 Å². The highest BCUT2D eigenvalue weighted by atomic mass is 16.5. The van der Waals surface area contributed by atoms with Gasteiger partial charge in [0.15, 0.2) is 0 Å². The Bertz CT molecular complexity index is 734. The van der Waals surface area contributed by atoms with Gasteiger partial charge in [-0.3, -0.25) is 9.78 Å². The van der Waals surface area contributed by atoms with Gasteiger partial charge in [-0.15, -0.1) is 0 Å². The second-order valence-electron chi connectivity index (χ2n) is 3.80. The van der Waals surface area contributed by atoms with E-state index in [0.29, 0.717) is 11.4 Å². The number of H-pyrrole nitrogens is 2. The molecule has 1 heterocycles. The number of ether oxygens (including phenoxy) is 1. The van der Waals surface area contributed by atoms with Crippen LogP contribution >= 0.6 is 0 Å². The van der Waals surface area contributed by atoms with Crippen LogP contribution in [0.25, 0.3) is 0 Å². The Morgan fingerprint density at radius 1 is 1.25 bits per heavy atom. The summed E-state index contributed by atoms with van der Waals surface area (Å²) in [5.41, 5.74) is -0.893. The summed E-state index contributed by atoms with van der Waals surface area (Å²) in [6, 6.07) is 6.11. The number of nitrogens with one attached hydrogen (secondary N) is 4. The third-order valence-corrected chi connectivity index (χ3v) is 2.40. The van der Waals surface area contributed by atoms with Crippen LogP contribution in [0.15, 0.2) is 40.1 Å². The zero-order valence-corrected chi connectivity index (χ0v) is 10.5. The summed E-state index contributed by atoms with van der Waals surface area (Å²) in [6.07, 6.45) is 1.12. The highest BCUT2D eigenvalue weighted by Crippen LogP contribution is 2.16. The number of carbonyl (C=O) groups excluding carboxylic acids is 1. The lowest BCUT2D eigenvalue weighted by Gasteiger charge is -2.07. The molecule has 0 aliphatic heterocycles. The van der Waals surface area contributed by atoms with Crippen LogP contribution in [0.5, 0.6) is 5.75 Å². The van der Waals surface area contributed by atoms with Crippen LogP contribution in [0.1, 0.15) is 0 Å². The van der Waals surface area contributed by atoms with Gasteiger partial charge in [0.1, 0.15) is 11.4 Å². The number of aromatic amines is 2. The minimum Gasteiger partial charge on any atom is -0.497 e. The zero-order valence-electron chi connectivity index (χ0n) is 10.5. The maximum atomic E-state index is 11.7. The topological polar surface area (TPSA) is 116 Å². The minimum atomic E-state index is -0.686. The maximum absolute atomic E-state index is 11.7. The lowest BCUT2D eigenvalue weighted by atomic mass is 10.3. The number of hydrogen-bond donors (Lipinski definition) is 4. The molecule has 0 saturated heterocycles. The third kappa shape index (κ3) is 3.25. The summed E-state index contributed by atoms with van der Waals surface area (Å²) in [6.45, 7) is 0. The van der Waals surface area contributed by atoms with Gasteiger partial charge in [0, 0.05) is 18.0 Å². The number of urea groups is 1. The van der Waals surface area contributed by atoms with Crippen molar-refractivity contribution in [2.24, 2.45) is 0 Å². The molecule has 0 aliphatic rings. The molecule has 20 heavy (non-hydrogen) atoms. The summed E-state index contributed by atoms with van der Waals surface area (Å²) >= 11 is 0. The van der Waals surface area contributed by atoms with E-state index in [1.165, 1.54) is 7.11 Å². The van der Waals surface area contributed by atoms with Crippen molar-refractivity contribution in [2.45, 2.75) is 0 Å². The number of amides is 2. The van der Waals surface area contributed by atoms with Crippen molar-refractivity contribution < 1.29 is 9.53 Å². The molecule has 8 nitrogen and oxygen atoms in total. The Morgan fingerprint density at radius 2 is 2.05 bits per heavy atom. The first-order chi connectivity index (χ1) is 9.58. The first-order valence-corrected chi connectivity index (χ1v) is 5.62. The first-order valence-electron chi connectivity index (χ1n) is 5.62. The smallest absolute Gasteiger partial charge is 0.325 e. The summed E-state index contributed by atoms with van der Waals surface area (Å²) < 4.78 is 5.02. The Balaban J connectivity index is 2.08. The Morgan fingerprint density at radius 3 is 2.75 bits per heavy atom. The fourth-order valence-electron chi connectivity index (χ4n) is 1.49. The molecule has 1 aromatic heterocycles. The van der Waals surface area contributed by atoms with Crippen LogP contribution in [-0.2, 0) is 0 Å². The first kappa shape index (κ1) is 13.4. The van der Waals surface area contributed by atoms with Gasteiger partial charge in [0.05, 0.1) is 7.11 Å². The standard InChI is InChI=1S/C12H12N4O4/c1-20-8-4-2-3-7(5-8)14-12(19)15-9-6-13-11(18)16-10(9)17/h2-6H,1H3,(H2,14,15,19)(H2,13,16,17,18). The van der Waals surface area contributed by atoms with E-state index in [4.69, 9.17) is 4.74 Å². The van der Waals surface area contributed by atoms with Crippen molar-refractivity contribution in [1.29, 1.82) is 0 Å². The quantitative estimate of drug-likeness (QED) is 0.660. The van der Waals surface area contributed by atoms with Crippen LogP contribution in [0.3, 0.4) is 0 Å². The van der Waals surface area contributed by atoms with E-state index >= 15 is 0 Å². The second kappa shape index (κ2) is 5.74. The van der Waals surface area contributed by atoms with Crippen LogP contribution in [0.2, 0.25) is 0 Å². The fourth-order valence-corrected chi connectivity index (χ4v) is 1.49. The predicted octanol–water partition coefficient (Wildman–Crippen LogP) is 0.716.